The van der Waals surface area contributed by atoms with Crippen molar-refractivity contribution >= 4 is 5.97 Å². The van der Waals surface area contributed by atoms with Crippen molar-refractivity contribution in [1.29, 1.82) is 0 Å². The van der Waals surface area contributed by atoms with Gasteiger partial charge in [0.1, 0.15) is 6.04 Å². The van der Waals surface area contributed by atoms with E-state index in [4.69, 9.17) is 5.11 Å². The van der Waals surface area contributed by atoms with Crippen LogP contribution in [0.4, 0.5) is 0 Å². The number of hydrogen-bond donors (Lipinski definition) is 2. The second-order valence-electron chi connectivity index (χ2n) is 2.44. The van der Waals surface area contributed by atoms with Gasteiger partial charge < -0.3 is 15.3 Å². The van der Waals surface area contributed by atoms with Crippen LogP contribution >= 0.6 is 0 Å². The molecule has 1 atom stereocenters. The molecule has 0 heterocycles. The lowest BCUT2D eigenvalue weighted by Crippen LogP contribution is -2.42. The zero-order chi connectivity index (χ0) is 10.1. The molecule has 1 unspecified atom stereocenters. The molecule has 12 heavy (non-hydrogen) atoms. The van der Waals surface area contributed by atoms with Gasteiger partial charge in [0.2, 0.25) is 0 Å². The van der Waals surface area contributed by atoms with E-state index in [2.05, 4.69) is 5.32 Å². The number of rotatable bonds is 4. The van der Waals surface area contributed by atoms with E-state index in [9.17, 15) is 4.79 Å². The molecular weight excluding hydrogens is 156 g/mol. The topological polar surface area (TPSA) is 52.6 Å². The summed E-state index contributed by atoms with van der Waals surface area (Å²) in [6, 6.07) is -0.463. The van der Waals surface area contributed by atoms with Gasteiger partial charge >= 0.3 is 5.97 Å². The van der Waals surface area contributed by atoms with Crippen molar-refractivity contribution in [3.63, 3.8) is 0 Å². The Morgan fingerprint density at radius 3 is 2.00 bits per heavy atom. The lowest BCUT2D eigenvalue weighted by Gasteiger charge is -2.15. The monoisotopic (exact) mass is 176 g/mol. The first-order valence-electron chi connectivity index (χ1n) is 4.12. The highest BCUT2D eigenvalue weighted by molar-refractivity contribution is 5.73. The van der Waals surface area contributed by atoms with E-state index in [1.165, 1.54) is 0 Å². The Hall–Kier alpha value is -0.610. The van der Waals surface area contributed by atoms with Crippen molar-refractivity contribution in [1.82, 2.24) is 10.2 Å². The summed E-state index contributed by atoms with van der Waals surface area (Å²) in [6.07, 6.45) is 0. The van der Waals surface area contributed by atoms with Crippen LogP contribution in [0.25, 0.3) is 0 Å². The SMILES string of the molecule is CC.CNC(CN(C)C)C(=O)O. The number of hydrogen-bond acceptors (Lipinski definition) is 3. The number of carboxylic acid groups (broad SMARTS) is 1. The molecule has 0 rings (SSSR count). The van der Waals surface area contributed by atoms with Gasteiger partial charge in [0.15, 0.2) is 0 Å². The molecule has 0 radical (unpaired) electrons. The number of nitrogens with zero attached hydrogens (tertiary/aromatic N) is 1. The molecule has 0 aliphatic rings. The van der Waals surface area contributed by atoms with Gasteiger partial charge in [-0.25, -0.2) is 0 Å². The van der Waals surface area contributed by atoms with Gasteiger partial charge in [0, 0.05) is 6.54 Å². The Balaban J connectivity index is 0. The Bertz CT molecular complexity index is 116. The van der Waals surface area contributed by atoms with Crippen LogP contribution < -0.4 is 5.32 Å². The van der Waals surface area contributed by atoms with Crippen molar-refractivity contribution in [2.45, 2.75) is 19.9 Å². The highest BCUT2D eigenvalue weighted by Gasteiger charge is 2.14. The van der Waals surface area contributed by atoms with Crippen LogP contribution in [-0.2, 0) is 4.79 Å². The zero-order valence-corrected chi connectivity index (χ0v) is 8.59. The lowest BCUT2D eigenvalue weighted by atomic mass is 10.3. The van der Waals surface area contributed by atoms with Gasteiger partial charge in [-0.2, -0.15) is 0 Å². The summed E-state index contributed by atoms with van der Waals surface area (Å²) in [4.78, 5) is 12.2. The molecule has 0 aromatic carbocycles. The molecule has 0 aromatic rings. The van der Waals surface area contributed by atoms with Crippen molar-refractivity contribution in [2.75, 3.05) is 27.7 Å². The van der Waals surface area contributed by atoms with Crippen LogP contribution in [-0.4, -0.2) is 49.7 Å². The van der Waals surface area contributed by atoms with Crippen molar-refractivity contribution in [3.8, 4) is 0 Å². The predicted molar refractivity (Wildman–Crippen MR) is 50.4 cm³/mol. The normalized spacial score (nSPS) is 11.8. The quantitative estimate of drug-likeness (QED) is 0.644. The molecule has 0 saturated carbocycles. The van der Waals surface area contributed by atoms with E-state index in [-0.39, 0.29) is 0 Å². The van der Waals surface area contributed by atoms with Crippen LogP contribution in [0.15, 0.2) is 0 Å². The summed E-state index contributed by atoms with van der Waals surface area (Å²) in [5.74, 6) is -0.809. The van der Waals surface area contributed by atoms with E-state index < -0.39 is 12.0 Å². The third-order valence-electron chi connectivity index (χ3n) is 1.19. The summed E-state index contributed by atoms with van der Waals surface area (Å²) >= 11 is 0. The number of carboxylic acids is 1. The van der Waals surface area contributed by atoms with Gasteiger partial charge in [-0.15, -0.1) is 0 Å². The molecule has 74 valence electrons. The molecular formula is C8H20N2O2. The average molecular weight is 176 g/mol. The fourth-order valence-electron chi connectivity index (χ4n) is 0.658. The Kier molecular flexibility index (Phi) is 9.86. The molecule has 0 fully saturated rings. The molecule has 4 heteroatoms. The number of nitrogens with one attached hydrogen (secondary N) is 1. The maximum atomic E-state index is 10.4. The van der Waals surface area contributed by atoms with E-state index >= 15 is 0 Å². The molecule has 0 aliphatic heterocycles. The minimum absolute atomic E-state index is 0.463. The third-order valence-corrected chi connectivity index (χ3v) is 1.19. The minimum atomic E-state index is -0.809. The number of aliphatic carboxylic acids is 1. The van der Waals surface area contributed by atoms with Gasteiger partial charge in [-0.3, -0.25) is 4.79 Å². The van der Waals surface area contributed by atoms with E-state index in [0.29, 0.717) is 6.54 Å². The predicted octanol–water partition coefficient (Wildman–Crippen LogP) is 0.247. The van der Waals surface area contributed by atoms with Crippen LogP contribution in [0, 0.1) is 0 Å². The zero-order valence-electron chi connectivity index (χ0n) is 8.59. The maximum Gasteiger partial charge on any atom is 0.322 e. The van der Waals surface area contributed by atoms with Crippen molar-refractivity contribution < 1.29 is 9.90 Å². The van der Waals surface area contributed by atoms with Gasteiger partial charge in [0.25, 0.3) is 0 Å². The summed E-state index contributed by atoms with van der Waals surface area (Å²) in [5.41, 5.74) is 0. The second kappa shape index (κ2) is 8.49. The van der Waals surface area contributed by atoms with E-state index in [1.807, 2.05) is 32.8 Å². The first kappa shape index (κ1) is 13.9. The van der Waals surface area contributed by atoms with Crippen LogP contribution in [0.2, 0.25) is 0 Å². The number of carbonyl (C=O) groups is 1. The smallest absolute Gasteiger partial charge is 0.322 e. The van der Waals surface area contributed by atoms with Crippen LogP contribution in [0.1, 0.15) is 13.8 Å². The van der Waals surface area contributed by atoms with Crippen molar-refractivity contribution in [3.05, 3.63) is 0 Å². The minimum Gasteiger partial charge on any atom is -0.480 e. The molecule has 0 saturated heterocycles. The highest BCUT2D eigenvalue weighted by Crippen LogP contribution is 1.84. The first-order valence-corrected chi connectivity index (χ1v) is 4.12. The van der Waals surface area contributed by atoms with Gasteiger partial charge in [-0.1, -0.05) is 13.8 Å². The van der Waals surface area contributed by atoms with Crippen LogP contribution in [0.3, 0.4) is 0 Å². The molecule has 0 amide bonds. The Morgan fingerprint density at radius 1 is 1.50 bits per heavy atom. The van der Waals surface area contributed by atoms with Crippen molar-refractivity contribution in [2.24, 2.45) is 0 Å². The lowest BCUT2D eigenvalue weighted by molar-refractivity contribution is -0.139. The number of likely N-dealkylation sites (N-methyl/N-ethyl adjacent to an activating group) is 2. The maximum absolute atomic E-state index is 10.4. The summed E-state index contributed by atoms with van der Waals surface area (Å²) in [6.45, 7) is 4.52. The molecule has 0 bridgehead atoms. The molecule has 2 N–H and O–H groups in total. The fourth-order valence-corrected chi connectivity index (χ4v) is 0.658. The average Bonchev–Trinajstić information content (AvgIpc) is 2.03. The Labute approximate surface area is 74.6 Å². The first-order chi connectivity index (χ1) is 5.57. The standard InChI is InChI=1S/C6H14N2O2.C2H6/c1-7-5(6(9)10)4-8(2)3;1-2/h5,7H,4H2,1-3H3,(H,9,10);1-2H3. The molecule has 4 nitrogen and oxygen atoms in total. The molecule has 0 aromatic heterocycles. The summed E-state index contributed by atoms with van der Waals surface area (Å²) in [5, 5.41) is 11.2. The highest BCUT2D eigenvalue weighted by atomic mass is 16.4. The summed E-state index contributed by atoms with van der Waals surface area (Å²) < 4.78 is 0. The third kappa shape index (κ3) is 7.50. The fraction of sp³-hybridized carbons (Fsp3) is 0.875. The van der Waals surface area contributed by atoms with E-state index in [1.54, 1.807) is 7.05 Å². The van der Waals surface area contributed by atoms with Crippen LogP contribution in [0.5, 0.6) is 0 Å². The molecule has 0 spiro atoms. The largest absolute Gasteiger partial charge is 0.480 e. The van der Waals surface area contributed by atoms with Gasteiger partial charge in [0.05, 0.1) is 0 Å². The summed E-state index contributed by atoms with van der Waals surface area (Å²) in [7, 11) is 5.32. The Morgan fingerprint density at radius 2 is 1.92 bits per heavy atom. The van der Waals surface area contributed by atoms with Gasteiger partial charge in [-0.05, 0) is 21.1 Å². The second-order valence-corrected chi connectivity index (χ2v) is 2.44. The van der Waals surface area contributed by atoms with E-state index in [0.717, 1.165) is 0 Å². The molecule has 0 aliphatic carbocycles.